The second kappa shape index (κ2) is 10.9. The summed E-state index contributed by atoms with van der Waals surface area (Å²) < 4.78 is 10.0. The summed E-state index contributed by atoms with van der Waals surface area (Å²) in [6.45, 7) is 1.66. The Morgan fingerprint density at radius 1 is 1.28 bits per heavy atom. The molecule has 0 spiro atoms. The first-order valence-electron chi connectivity index (χ1n) is 8.75. The van der Waals surface area contributed by atoms with Gasteiger partial charge in [-0.25, -0.2) is 0 Å². The third-order valence-corrected chi connectivity index (χ3v) is 4.89. The number of benzene rings is 1. The third-order valence-electron chi connectivity index (χ3n) is 3.91. The number of hydrogen-bond donors (Lipinski definition) is 2. The van der Waals surface area contributed by atoms with Crippen LogP contribution in [-0.2, 0) is 20.7 Å². The van der Waals surface area contributed by atoms with E-state index in [1.165, 1.54) is 6.07 Å². The molecule has 0 bridgehead atoms. The SMILES string of the molecule is COc1ccc(CCNC(=O)COC(=O)CSc2[nH]c(=O)cc(C)c2C#N)cc1. The van der Waals surface area contributed by atoms with Gasteiger partial charge in [0.25, 0.3) is 5.91 Å². The number of ether oxygens (including phenoxy) is 2. The molecular weight excluding hydrogens is 394 g/mol. The van der Waals surface area contributed by atoms with Crippen LogP contribution in [0.25, 0.3) is 0 Å². The number of rotatable bonds is 9. The van der Waals surface area contributed by atoms with Crippen molar-refractivity contribution >= 4 is 23.6 Å². The van der Waals surface area contributed by atoms with Gasteiger partial charge in [0.15, 0.2) is 6.61 Å². The number of nitriles is 1. The van der Waals surface area contributed by atoms with Crippen LogP contribution in [0.3, 0.4) is 0 Å². The van der Waals surface area contributed by atoms with E-state index in [0.29, 0.717) is 29.1 Å². The standard InChI is InChI=1S/C20H21N3O5S/c1-13-9-17(24)23-20(16(13)10-21)29-12-19(26)28-11-18(25)22-8-7-14-3-5-15(27-2)6-4-14/h3-6,9H,7-8,11-12H2,1-2H3,(H,22,25)(H,23,24). The van der Waals surface area contributed by atoms with Crippen LogP contribution in [0, 0.1) is 18.3 Å². The van der Waals surface area contributed by atoms with Crippen molar-refractivity contribution in [2.24, 2.45) is 0 Å². The van der Waals surface area contributed by atoms with E-state index in [9.17, 15) is 14.4 Å². The Bertz CT molecular complexity index is 964. The molecule has 9 heteroatoms. The van der Waals surface area contributed by atoms with Gasteiger partial charge in [-0.3, -0.25) is 14.4 Å². The summed E-state index contributed by atoms with van der Waals surface area (Å²) in [4.78, 5) is 37.7. The van der Waals surface area contributed by atoms with Crippen LogP contribution in [-0.4, -0.2) is 42.9 Å². The fourth-order valence-corrected chi connectivity index (χ4v) is 3.28. The highest BCUT2D eigenvalue weighted by Crippen LogP contribution is 2.20. The second-order valence-electron chi connectivity index (χ2n) is 6.03. The molecule has 29 heavy (non-hydrogen) atoms. The number of hydrogen-bond acceptors (Lipinski definition) is 7. The van der Waals surface area contributed by atoms with Crippen molar-refractivity contribution in [3.05, 3.63) is 57.4 Å². The molecule has 1 aromatic carbocycles. The molecule has 1 heterocycles. The van der Waals surface area contributed by atoms with Crippen molar-refractivity contribution in [3.63, 3.8) is 0 Å². The zero-order chi connectivity index (χ0) is 21.2. The number of nitrogens with zero attached hydrogens (tertiary/aromatic N) is 1. The van der Waals surface area contributed by atoms with E-state index >= 15 is 0 Å². The zero-order valence-corrected chi connectivity index (χ0v) is 16.9. The molecule has 0 saturated heterocycles. The highest BCUT2D eigenvalue weighted by molar-refractivity contribution is 7.99. The van der Waals surface area contributed by atoms with E-state index in [4.69, 9.17) is 14.7 Å². The molecule has 152 valence electrons. The Kier molecular flexibility index (Phi) is 8.30. The van der Waals surface area contributed by atoms with Crippen LogP contribution in [0.4, 0.5) is 0 Å². The number of H-pyrrole nitrogens is 1. The summed E-state index contributed by atoms with van der Waals surface area (Å²) in [5.74, 6) is -0.392. The number of carbonyl (C=O) groups is 2. The summed E-state index contributed by atoms with van der Waals surface area (Å²) >= 11 is 0.983. The van der Waals surface area contributed by atoms with Gasteiger partial charge >= 0.3 is 5.97 Å². The van der Waals surface area contributed by atoms with E-state index in [-0.39, 0.29) is 11.3 Å². The van der Waals surface area contributed by atoms with Crippen LogP contribution < -0.4 is 15.6 Å². The lowest BCUT2D eigenvalue weighted by Crippen LogP contribution is -2.30. The molecule has 0 aliphatic heterocycles. The lowest BCUT2D eigenvalue weighted by molar-refractivity contribution is -0.145. The molecule has 0 saturated carbocycles. The number of methoxy groups -OCH3 is 1. The summed E-state index contributed by atoms with van der Waals surface area (Å²) in [7, 11) is 1.59. The number of thioether (sulfide) groups is 1. The predicted octanol–water partition coefficient (Wildman–Crippen LogP) is 1.56. The molecule has 0 atom stereocenters. The molecule has 2 N–H and O–H groups in total. The van der Waals surface area contributed by atoms with Crippen molar-refractivity contribution in [2.75, 3.05) is 26.0 Å². The van der Waals surface area contributed by atoms with Crippen LogP contribution in [0.15, 0.2) is 40.2 Å². The van der Waals surface area contributed by atoms with Gasteiger partial charge in [0, 0.05) is 12.6 Å². The van der Waals surface area contributed by atoms with Crippen molar-refractivity contribution in [3.8, 4) is 11.8 Å². The largest absolute Gasteiger partial charge is 0.497 e. The topological polar surface area (TPSA) is 121 Å². The monoisotopic (exact) mass is 415 g/mol. The van der Waals surface area contributed by atoms with Gasteiger partial charge < -0.3 is 19.8 Å². The first kappa shape index (κ1) is 22.0. The van der Waals surface area contributed by atoms with Crippen LogP contribution in [0.2, 0.25) is 0 Å². The highest BCUT2D eigenvalue weighted by atomic mass is 32.2. The minimum absolute atomic E-state index is 0.132. The van der Waals surface area contributed by atoms with Gasteiger partial charge in [0.2, 0.25) is 5.56 Å². The Morgan fingerprint density at radius 3 is 2.66 bits per heavy atom. The Balaban J connectivity index is 1.71. The number of carbonyl (C=O) groups excluding carboxylic acids is 2. The minimum Gasteiger partial charge on any atom is -0.497 e. The van der Waals surface area contributed by atoms with E-state index in [1.54, 1.807) is 14.0 Å². The summed E-state index contributed by atoms with van der Waals surface area (Å²) in [5, 5.41) is 12.1. The lowest BCUT2D eigenvalue weighted by Gasteiger charge is -2.08. The summed E-state index contributed by atoms with van der Waals surface area (Å²) in [5.41, 5.74) is 1.52. The minimum atomic E-state index is -0.619. The molecule has 2 rings (SSSR count). The van der Waals surface area contributed by atoms with Crippen molar-refractivity contribution in [2.45, 2.75) is 18.4 Å². The van der Waals surface area contributed by atoms with E-state index in [1.807, 2.05) is 30.3 Å². The van der Waals surface area contributed by atoms with Gasteiger partial charge in [-0.15, -0.1) is 0 Å². The molecule has 1 aromatic heterocycles. The maximum absolute atomic E-state index is 11.8. The van der Waals surface area contributed by atoms with Crippen molar-refractivity contribution in [1.29, 1.82) is 5.26 Å². The Morgan fingerprint density at radius 2 is 2.00 bits per heavy atom. The van der Waals surface area contributed by atoms with E-state index in [2.05, 4.69) is 10.3 Å². The lowest BCUT2D eigenvalue weighted by atomic mass is 10.1. The average Bonchev–Trinajstić information content (AvgIpc) is 2.71. The Labute approximate surface area is 172 Å². The van der Waals surface area contributed by atoms with Crippen LogP contribution in [0.5, 0.6) is 5.75 Å². The van der Waals surface area contributed by atoms with Crippen molar-refractivity contribution < 1.29 is 19.1 Å². The number of aromatic nitrogens is 1. The Hall–Kier alpha value is -3.25. The highest BCUT2D eigenvalue weighted by Gasteiger charge is 2.12. The fraction of sp³-hybridized carbons (Fsp3) is 0.300. The summed E-state index contributed by atoms with van der Waals surface area (Å²) in [6, 6.07) is 10.8. The number of aryl methyl sites for hydroxylation is 1. The molecule has 0 radical (unpaired) electrons. The molecule has 0 aliphatic rings. The fourth-order valence-electron chi connectivity index (χ4n) is 2.41. The van der Waals surface area contributed by atoms with Gasteiger partial charge in [0.1, 0.15) is 11.8 Å². The molecule has 0 fully saturated rings. The quantitative estimate of drug-likeness (QED) is 0.471. The molecule has 2 aromatic rings. The van der Waals surface area contributed by atoms with Gasteiger partial charge in [-0.05, 0) is 36.6 Å². The van der Waals surface area contributed by atoms with Gasteiger partial charge in [-0.1, -0.05) is 23.9 Å². The predicted molar refractivity (Wildman–Crippen MR) is 108 cm³/mol. The van der Waals surface area contributed by atoms with Crippen LogP contribution >= 0.6 is 11.8 Å². The molecule has 0 aliphatic carbocycles. The van der Waals surface area contributed by atoms with Crippen molar-refractivity contribution in [1.82, 2.24) is 10.3 Å². The summed E-state index contributed by atoms with van der Waals surface area (Å²) in [6.07, 6.45) is 0.636. The van der Waals surface area contributed by atoms with Gasteiger partial charge in [-0.2, -0.15) is 5.26 Å². The average molecular weight is 415 g/mol. The number of aromatic amines is 1. The first-order chi connectivity index (χ1) is 13.9. The number of esters is 1. The normalized spacial score (nSPS) is 10.1. The third kappa shape index (κ3) is 7.01. The second-order valence-corrected chi connectivity index (χ2v) is 7.02. The number of pyridine rings is 1. The molecule has 1 amide bonds. The van der Waals surface area contributed by atoms with Crippen LogP contribution in [0.1, 0.15) is 16.7 Å². The molecule has 8 nitrogen and oxygen atoms in total. The number of amides is 1. The molecular formula is C20H21N3O5S. The first-order valence-corrected chi connectivity index (χ1v) is 9.73. The van der Waals surface area contributed by atoms with E-state index < -0.39 is 18.5 Å². The van der Waals surface area contributed by atoms with Gasteiger partial charge in [0.05, 0.1) is 23.5 Å². The molecule has 0 unspecified atom stereocenters. The maximum Gasteiger partial charge on any atom is 0.316 e. The number of nitrogens with one attached hydrogen (secondary N) is 2. The van der Waals surface area contributed by atoms with E-state index in [0.717, 1.165) is 23.1 Å². The zero-order valence-electron chi connectivity index (χ0n) is 16.1. The smallest absolute Gasteiger partial charge is 0.316 e. The maximum atomic E-state index is 11.8.